The minimum Gasteiger partial charge on any atom is -0.309 e. The van der Waals surface area contributed by atoms with Gasteiger partial charge in [-0.25, -0.2) is 4.39 Å². The fourth-order valence-corrected chi connectivity index (χ4v) is 2.65. The van der Waals surface area contributed by atoms with Crippen molar-refractivity contribution in [3.05, 3.63) is 21.9 Å². The van der Waals surface area contributed by atoms with E-state index in [1.54, 1.807) is 0 Å². The van der Waals surface area contributed by atoms with Gasteiger partial charge < -0.3 is 5.32 Å². The smallest absolute Gasteiger partial charge is 0.110 e. The van der Waals surface area contributed by atoms with Gasteiger partial charge in [-0.05, 0) is 31.4 Å². The lowest BCUT2D eigenvalue weighted by Gasteiger charge is -2.09. The van der Waals surface area contributed by atoms with Gasteiger partial charge in [0.25, 0.3) is 0 Å². The highest BCUT2D eigenvalue weighted by molar-refractivity contribution is 7.12. The Hall–Kier alpha value is -0.920. The van der Waals surface area contributed by atoms with Crippen LogP contribution in [0.4, 0.5) is 4.39 Å². The summed E-state index contributed by atoms with van der Waals surface area (Å²) < 4.78 is 12.9. The molecule has 1 aromatic rings. The molecule has 1 saturated carbocycles. The van der Waals surface area contributed by atoms with Crippen LogP contribution in [0.2, 0.25) is 0 Å². The molecule has 4 heteroatoms. The lowest BCUT2D eigenvalue weighted by atomic mass is 10.2. The van der Waals surface area contributed by atoms with Crippen LogP contribution in [0.15, 0.2) is 12.1 Å². The highest BCUT2D eigenvalue weighted by Gasteiger charge is 2.23. The number of halogens is 1. The van der Waals surface area contributed by atoms with Crippen molar-refractivity contribution in [2.24, 2.45) is 0 Å². The fourth-order valence-electron chi connectivity index (χ4n) is 1.89. The van der Waals surface area contributed by atoms with Crippen molar-refractivity contribution in [2.45, 2.75) is 38.0 Å². The Balaban J connectivity index is 1.81. The molecule has 0 aliphatic heterocycles. The minimum absolute atomic E-state index is 0.313. The lowest BCUT2D eigenvalue weighted by molar-refractivity contribution is 0.333. The molecular formula is C11H13FN2S. The Bertz CT molecular complexity index is 369. The van der Waals surface area contributed by atoms with Crippen molar-refractivity contribution in [1.82, 2.24) is 5.32 Å². The number of hydrogen-bond acceptors (Lipinski definition) is 3. The molecule has 0 saturated heterocycles. The maximum absolute atomic E-state index is 12.9. The summed E-state index contributed by atoms with van der Waals surface area (Å²) in [5.41, 5.74) is 0. The Labute approximate surface area is 92.7 Å². The quantitative estimate of drug-likeness (QED) is 0.856. The van der Waals surface area contributed by atoms with E-state index < -0.39 is 6.17 Å². The second-order valence-corrected chi connectivity index (χ2v) is 5.03. The molecule has 80 valence electrons. The van der Waals surface area contributed by atoms with E-state index in [0.29, 0.717) is 18.9 Å². The minimum atomic E-state index is -0.625. The van der Waals surface area contributed by atoms with Crippen LogP contribution in [-0.4, -0.2) is 12.2 Å². The van der Waals surface area contributed by atoms with Gasteiger partial charge in [0, 0.05) is 17.5 Å². The van der Waals surface area contributed by atoms with Crippen molar-refractivity contribution in [2.75, 3.05) is 0 Å². The van der Waals surface area contributed by atoms with Gasteiger partial charge in [0.2, 0.25) is 0 Å². The van der Waals surface area contributed by atoms with Gasteiger partial charge in [-0.15, -0.1) is 11.3 Å². The fraction of sp³-hybridized carbons (Fsp3) is 0.545. The lowest BCUT2D eigenvalue weighted by Crippen LogP contribution is -2.25. The van der Waals surface area contributed by atoms with Crippen molar-refractivity contribution >= 4 is 11.3 Å². The van der Waals surface area contributed by atoms with Crippen molar-refractivity contribution < 1.29 is 4.39 Å². The topological polar surface area (TPSA) is 35.8 Å². The van der Waals surface area contributed by atoms with Gasteiger partial charge in [0.05, 0.1) is 0 Å². The van der Waals surface area contributed by atoms with Gasteiger partial charge >= 0.3 is 0 Å². The molecule has 0 amide bonds. The molecule has 2 nitrogen and oxygen atoms in total. The van der Waals surface area contributed by atoms with E-state index in [1.807, 2.05) is 12.1 Å². The average molecular weight is 224 g/mol. The summed E-state index contributed by atoms with van der Waals surface area (Å²) in [7, 11) is 0. The summed E-state index contributed by atoms with van der Waals surface area (Å²) in [6.07, 6.45) is 1.63. The van der Waals surface area contributed by atoms with E-state index in [4.69, 9.17) is 5.26 Å². The first-order valence-electron chi connectivity index (χ1n) is 5.14. The summed E-state index contributed by atoms with van der Waals surface area (Å²) in [6, 6.07) is 6.21. The molecule has 2 atom stereocenters. The molecule has 1 aromatic heterocycles. The monoisotopic (exact) mass is 224 g/mol. The average Bonchev–Trinajstić information content (AvgIpc) is 2.83. The SMILES string of the molecule is N#Cc1ccc(CN[C@@H]2CC[C@H](F)C2)s1. The molecule has 0 radical (unpaired) electrons. The van der Waals surface area contributed by atoms with E-state index in [2.05, 4.69) is 11.4 Å². The summed E-state index contributed by atoms with van der Waals surface area (Å²) >= 11 is 1.50. The van der Waals surface area contributed by atoms with Gasteiger partial charge in [0.1, 0.15) is 17.1 Å². The first kappa shape index (κ1) is 10.6. The van der Waals surface area contributed by atoms with Crippen LogP contribution in [0.3, 0.4) is 0 Å². The van der Waals surface area contributed by atoms with E-state index in [9.17, 15) is 4.39 Å². The number of thiophene rings is 1. The molecule has 0 aromatic carbocycles. The summed E-state index contributed by atoms with van der Waals surface area (Å²) in [5.74, 6) is 0. The number of nitrogens with zero attached hydrogens (tertiary/aromatic N) is 1. The number of hydrogen-bond donors (Lipinski definition) is 1. The van der Waals surface area contributed by atoms with Crippen LogP contribution in [-0.2, 0) is 6.54 Å². The highest BCUT2D eigenvalue weighted by Crippen LogP contribution is 2.23. The maximum atomic E-state index is 12.9. The zero-order valence-electron chi connectivity index (χ0n) is 8.37. The number of nitrogens with one attached hydrogen (secondary N) is 1. The molecule has 0 bridgehead atoms. The Kier molecular flexibility index (Phi) is 3.34. The summed E-state index contributed by atoms with van der Waals surface area (Å²) in [5, 5.41) is 12.0. The Morgan fingerprint density at radius 3 is 3.00 bits per heavy atom. The second-order valence-electron chi connectivity index (χ2n) is 3.87. The number of rotatable bonds is 3. The van der Waals surface area contributed by atoms with Crippen LogP contribution in [0, 0.1) is 11.3 Å². The van der Waals surface area contributed by atoms with Gasteiger partial charge in [-0.2, -0.15) is 5.26 Å². The van der Waals surface area contributed by atoms with Crippen LogP contribution < -0.4 is 5.32 Å². The van der Waals surface area contributed by atoms with Gasteiger partial charge in [-0.1, -0.05) is 0 Å². The van der Waals surface area contributed by atoms with E-state index in [1.165, 1.54) is 11.3 Å². The largest absolute Gasteiger partial charge is 0.309 e. The van der Waals surface area contributed by atoms with Crippen LogP contribution in [0.25, 0.3) is 0 Å². The molecule has 1 fully saturated rings. The first-order chi connectivity index (χ1) is 7.28. The second kappa shape index (κ2) is 4.73. The Morgan fingerprint density at radius 1 is 1.53 bits per heavy atom. The third-order valence-corrected chi connectivity index (χ3v) is 3.70. The zero-order valence-corrected chi connectivity index (χ0v) is 9.19. The molecule has 0 spiro atoms. The standard InChI is InChI=1S/C11H13FN2S/c12-8-1-2-9(5-8)14-7-11-4-3-10(6-13)15-11/h3-4,8-9,14H,1-2,5,7H2/t8-,9+/m0/s1. The predicted octanol–water partition coefficient (Wildman–Crippen LogP) is 2.60. The first-order valence-corrected chi connectivity index (χ1v) is 5.96. The van der Waals surface area contributed by atoms with Crippen molar-refractivity contribution in [3.8, 4) is 6.07 Å². The maximum Gasteiger partial charge on any atom is 0.110 e. The zero-order chi connectivity index (χ0) is 10.7. The third kappa shape index (κ3) is 2.77. The molecule has 15 heavy (non-hydrogen) atoms. The van der Waals surface area contributed by atoms with Crippen LogP contribution in [0.1, 0.15) is 29.0 Å². The van der Waals surface area contributed by atoms with E-state index in [-0.39, 0.29) is 0 Å². The predicted molar refractivity (Wildman–Crippen MR) is 58.4 cm³/mol. The molecular weight excluding hydrogens is 211 g/mol. The van der Waals surface area contributed by atoms with Crippen LogP contribution >= 0.6 is 11.3 Å². The summed E-state index contributed by atoms with van der Waals surface area (Å²) in [4.78, 5) is 1.88. The van der Waals surface area contributed by atoms with E-state index >= 15 is 0 Å². The number of alkyl halides is 1. The third-order valence-electron chi connectivity index (χ3n) is 2.71. The summed E-state index contributed by atoms with van der Waals surface area (Å²) in [6.45, 7) is 0.754. The van der Waals surface area contributed by atoms with Gasteiger partial charge in [0.15, 0.2) is 0 Å². The molecule has 2 rings (SSSR count). The normalized spacial score (nSPS) is 25.3. The van der Waals surface area contributed by atoms with E-state index in [0.717, 1.165) is 22.7 Å². The van der Waals surface area contributed by atoms with Crippen LogP contribution in [0.5, 0.6) is 0 Å². The molecule has 0 unspecified atom stereocenters. The van der Waals surface area contributed by atoms with Gasteiger partial charge in [-0.3, -0.25) is 0 Å². The van der Waals surface area contributed by atoms with Crippen molar-refractivity contribution in [3.63, 3.8) is 0 Å². The molecule has 1 aliphatic carbocycles. The Morgan fingerprint density at radius 2 is 2.40 bits per heavy atom. The highest BCUT2D eigenvalue weighted by atomic mass is 32.1. The molecule has 1 aliphatic rings. The molecule has 1 N–H and O–H groups in total. The van der Waals surface area contributed by atoms with Crippen molar-refractivity contribution in [1.29, 1.82) is 5.26 Å². The molecule has 1 heterocycles. The number of nitriles is 1.